The Bertz CT molecular complexity index is 776. The van der Waals surface area contributed by atoms with Crippen molar-refractivity contribution in [2.45, 2.75) is 76.5 Å². The number of hydroxylamine groups is 1. The van der Waals surface area contributed by atoms with Gasteiger partial charge >= 0.3 is 5.91 Å². The molecule has 1 aliphatic carbocycles. The molecule has 3 heterocycles. The summed E-state index contributed by atoms with van der Waals surface area (Å²) in [6.07, 6.45) is 14.1. The minimum absolute atomic E-state index is 0.373. The van der Waals surface area contributed by atoms with Gasteiger partial charge in [-0.1, -0.05) is 19.3 Å². The molecule has 1 unspecified atom stereocenters. The third-order valence-electron chi connectivity index (χ3n) is 6.82. The lowest BCUT2D eigenvalue weighted by atomic mass is 9.88. The van der Waals surface area contributed by atoms with Crippen LogP contribution < -0.4 is 10.8 Å². The summed E-state index contributed by atoms with van der Waals surface area (Å²) in [5.74, 6) is -0.223. The summed E-state index contributed by atoms with van der Waals surface area (Å²) in [6.45, 7) is 4.03. The van der Waals surface area contributed by atoms with Crippen LogP contribution in [0.4, 0.5) is 10.2 Å². The van der Waals surface area contributed by atoms with Crippen LogP contribution in [-0.2, 0) is 14.4 Å². The van der Waals surface area contributed by atoms with Gasteiger partial charge in [-0.2, -0.15) is 0 Å². The summed E-state index contributed by atoms with van der Waals surface area (Å²) in [6, 6.07) is 3.97. The number of pyridine rings is 1. The van der Waals surface area contributed by atoms with Crippen LogP contribution in [0.5, 0.6) is 0 Å². The average Bonchev–Trinajstić information content (AvgIpc) is 2.85. The van der Waals surface area contributed by atoms with E-state index >= 15 is 0 Å². The second-order valence-electron chi connectivity index (χ2n) is 9.56. The number of carbonyl (C=O) groups excluding carboxylic acids is 1. The summed E-state index contributed by atoms with van der Waals surface area (Å²) >= 11 is 0. The molecule has 0 aromatic carbocycles. The Kier molecular flexibility index (Phi) is 9.09. The lowest BCUT2D eigenvalue weighted by molar-refractivity contribution is -0.199. The van der Waals surface area contributed by atoms with E-state index in [-0.39, 0.29) is 0 Å². The summed E-state index contributed by atoms with van der Waals surface area (Å²) in [5, 5.41) is 3.53. The SMILES string of the molecule is O=C(NOC1CCCCO1)C(F)=Cc1ccc(N[C@@H]2CCCN(CC3CCCCC3)C2)nc1. The number of halogens is 1. The Labute approximate surface area is 196 Å². The van der Waals surface area contributed by atoms with Crippen LogP contribution in [0.25, 0.3) is 6.08 Å². The normalized spacial score (nSPS) is 25.5. The Balaban J connectivity index is 1.23. The Hall–Kier alpha value is -2.03. The lowest BCUT2D eigenvalue weighted by Gasteiger charge is -2.36. The van der Waals surface area contributed by atoms with Crippen molar-refractivity contribution in [3.8, 4) is 0 Å². The second-order valence-corrected chi connectivity index (χ2v) is 9.56. The molecule has 0 spiro atoms. The number of hydrogen-bond acceptors (Lipinski definition) is 6. The van der Waals surface area contributed by atoms with Gasteiger partial charge < -0.3 is 15.0 Å². The van der Waals surface area contributed by atoms with E-state index in [9.17, 15) is 9.18 Å². The third-order valence-corrected chi connectivity index (χ3v) is 6.82. The number of carbonyl (C=O) groups is 1. The first-order valence-electron chi connectivity index (χ1n) is 12.6. The van der Waals surface area contributed by atoms with Crippen LogP contribution in [0.3, 0.4) is 0 Å². The number of piperidine rings is 1. The van der Waals surface area contributed by atoms with E-state index < -0.39 is 18.0 Å². The molecular weight excluding hydrogens is 423 g/mol. The zero-order chi connectivity index (χ0) is 22.9. The van der Waals surface area contributed by atoms with Gasteiger partial charge in [-0.15, -0.1) is 0 Å². The van der Waals surface area contributed by atoms with Crippen molar-refractivity contribution in [3.05, 3.63) is 29.7 Å². The van der Waals surface area contributed by atoms with E-state index in [4.69, 9.17) is 9.57 Å². The molecule has 2 N–H and O–H groups in total. The number of ether oxygens (including phenoxy) is 1. The lowest BCUT2D eigenvalue weighted by Crippen LogP contribution is -2.44. The van der Waals surface area contributed by atoms with E-state index in [1.165, 1.54) is 51.6 Å². The fourth-order valence-corrected chi connectivity index (χ4v) is 5.04. The van der Waals surface area contributed by atoms with Crippen LogP contribution in [0.1, 0.15) is 69.8 Å². The van der Waals surface area contributed by atoms with Crippen LogP contribution in [0.15, 0.2) is 24.2 Å². The van der Waals surface area contributed by atoms with Gasteiger partial charge in [0.25, 0.3) is 0 Å². The number of nitrogens with zero attached hydrogens (tertiary/aromatic N) is 2. The van der Waals surface area contributed by atoms with Gasteiger partial charge in [-0.3, -0.25) is 4.79 Å². The van der Waals surface area contributed by atoms with Crippen molar-refractivity contribution in [2.75, 3.05) is 31.6 Å². The molecule has 2 atom stereocenters. The molecule has 3 fully saturated rings. The molecule has 2 saturated heterocycles. The van der Waals surface area contributed by atoms with Crippen LogP contribution >= 0.6 is 0 Å². The highest BCUT2D eigenvalue weighted by Gasteiger charge is 2.23. The third kappa shape index (κ3) is 7.76. The molecule has 7 nitrogen and oxygen atoms in total. The predicted molar refractivity (Wildman–Crippen MR) is 126 cm³/mol. The maximum absolute atomic E-state index is 14.2. The van der Waals surface area contributed by atoms with Crippen LogP contribution in [0.2, 0.25) is 0 Å². The number of aromatic nitrogens is 1. The van der Waals surface area contributed by atoms with Crippen LogP contribution in [0, 0.1) is 5.92 Å². The number of anilines is 1. The first kappa shape index (κ1) is 24.1. The minimum atomic E-state index is -0.932. The molecule has 0 bridgehead atoms. The first-order chi connectivity index (χ1) is 16.2. The van der Waals surface area contributed by atoms with Crippen molar-refractivity contribution < 1.29 is 18.8 Å². The highest BCUT2D eigenvalue weighted by atomic mass is 19.1. The fourth-order valence-electron chi connectivity index (χ4n) is 5.04. The molecule has 0 radical (unpaired) electrons. The molecule has 1 saturated carbocycles. The maximum atomic E-state index is 14.2. The molecule has 1 aromatic rings. The van der Waals surface area contributed by atoms with Crippen molar-refractivity contribution >= 4 is 17.8 Å². The van der Waals surface area contributed by atoms with Gasteiger partial charge in [0.15, 0.2) is 12.1 Å². The van der Waals surface area contributed by atoms with E-state index in [0.717, 1.165) is 43.6 Å². The molecule has 182 valence electrons. The summed E-state index contributed by atoms with van der Waals surface area (Å²) in [4.78, 5) is 24.1. The zero-order valence-corrected chi connectivity index (χ0v) is 19.4. The number of hydrogen-bond donors (Lipinski definition) is 2. The number of likely N-dealkylation sites (tertiary alicyclic amines) is 1. The highest BCUT2D eigenvalue weighted by Crippen LogP contribution is 2.26. The molecular formula is C25H37FN4O3. The molecule has 1 aromatic heterocycles. The van der Waals surface area contributed by atoms with Gasteiger partial charge in [0, 0.05) is 38.4 Å². The van der Waals surface area contributed by atoms with Gasteiger partial charge in [-0.25, -0.2) is 19.7 Å². The molecule has 1 amide bonds. The number of nitrogens with one attached hydrogen (secondary N) is 2. The van der Waals surface area contributed by atoms with Crippen LogP contribution in [-0.4, -0.2) is 54.4 Å². The fraction of sp³-hybridized carbons (Fsp3) is 0.680. The van der Waals surface area contributed by atoms with E-state index in [2.05, 4.69) is 20.7 Å². The summed E-state index contributed by atoms with van der Waals surface area (Å²) in [7, 11) is 0. The van der Waals surface area contributed by atoms with Gasteiger partial charge in [0.05, 0.1) is 0 Å². The Morgan fingerprint density at radius 2 is 2.00 bits per heavy atom. The Morgan fingerprint density at radius 3 is 2.76 bits per heavy atom. The number of rotatable bonds is 8. The van der Waals surface area contributed by atoms with E-state index in [1.807, 2.05) is 6.07 Å². The van der Waals surface area contributed by atoms with Gasteiger partial charge in [-0.05, 0) is 74.8 Å². The first-order valence-corrected chi connectivity index (χ1v) is 12.6. The van der Waals surface area contributed by atoms with E-state index in [1.54, 1.807) is 12.3 Å². The van der Waals surface area contributed by atoms with Crippen molar-refractivity contribution in [1.82, 2.24) is 15.4 Å². The van der Waals surface area contributed by atoms with Gasteiger partial charge in [0.1, 0.15) is 5.82 Å². The minimum Gasteiger partial charge on any atom is -0.366 e. The molecule has 2 aliphatic heterocycles. The summed E-state index contributed by atoms with van der Waals surface area (Å²) in [5.41, 5.74) is 2.64. The Morgan fingerprint density at radius 1 is 1.15 bits per heavy atom. The van der Waals surface area contributed by atoms with Crippen molar-refractivity contribution in [1.29, 1.82) is 0 Å². The molecule has 3 aliphatic rings. The second kappa shape index (κ2) is 12.4. The maximum Gasteiger partial charge on any atom is 0.303 e. The van der Waals surface area contributed by atoms with Gasteiger partial charge in [0.2, 0.25) is 0 Å². The number of amides is 1. The smallest absolute Gasteiger partial charge is 0.303 e. The zero-order valence-electron chi connectivity index (χ0n) is 19.4. The van der Waals surface area contributed by atoms with E-state index in [0.29, 0.717) is 24.6 Å². The standard InChI is InChI=1S/C25H37FN4O3/c26-22(25(31)29-33-24-10-4-5-14-32-24)15-20-11-12-23(27-16-20)28-21-9-6-13-30(18-21)17-19-7-2-1-3-8-19/h11-12,15-16,19,21,24H,1-10,13-14,17-18H2,(H,27,28)(H,29,31)/t21-,24?/m1/s1. The molecule has 33 heavy (non-hydrogen) atoms. The summed E-state index contributed by atoms with van der Waals surface area (Å²) < 4.78 is 19.6. The van der Waals surface area contributed by atoms with Crippen molar-refractivity contribution in [2.24, 2.45) is 5.92 Å². The molecule has 4 rings (SSSR count). The average molecular weight is 461 g/mol. The predicted octanol–water partition coefficient (Wildman–Crippen LogP) is 4.42. The topological polar surface area (TPSA) is 75.7 Å². The largest absolute Gasteiger partial charge is 0.366 e. The molecule has 8 heteroatoms. The monoisotopic (exact) mass is 460 g/mol. The quantitative estimate of drug-likeness (QED) is 0.442. The highest BCUT2D eigenvalue weighted by molar-refractivity contribution is 5.94. The van der Waals surface area contributed by atoms with Crippen molar-refractivity contribution in [3.63, 3.8) is 0 Å².